The molecule has 0 spiro atoms. The standard InChI is InChI=1S/C8H6BF3N2O5/c10-8(11,12)7(15)13-4-1-2-6(14(18)19)5(3-4)9(16)17/h1-3,16-17H,(H,13,15). The zero-order valence-electron chi connectivity index (χ0n) is 9.01. The third-order valence-corrected chi connectivity index (χ3v) is 2.02. The van der Waals surface area contributed by atoms with Gasteiger partial charge in [-0.05, 0) is 12.1 Å². The molecule has 0 radical (unpaired) electrons. The van der Waals surface area contributed by atoms with Gasteiger partial charge in [-0.25, -0.2) is 0 Å². The summed E-state index contributed by atoms with van der Waals surface area (Å²) >= 11 is 0. The highest BCUT2D eigenvalue weighted by Gasteiger charge is 2.39. The number of amides is 1. The van der Waals surface area contributed by atoms with Crippen LogP contribution in [0.1, 0.15) is 0 Å². The average molecular weight is 278 g/mol. The number of nitro benzene ring substituents is 1. The van der Waals surface area contributed by atoms with Crippen molar-refractivity contribution < 1.29 is 32.9 Å². The summed E-state index contributed by atoms with van der Waals surface area (Å²) in [6.45, 7) is 0. The zero-order valence-corrected chi connectivity index (χ0v) is 9.01. The molecule has 102 valence electrons. The van der Waals surface area contributed by atoms with Crippen LogP contribution in [-0.2, 0) is 4.79 Å². The van der Waals surface area contributed by atoms with Crippen LogP contribution in [0.25, 0.3) is 0 Å². The Kier molecular flexibility index (Phi) is 4.12. The summed E-state index contributed by atoms with van der Waals surface area (Å²) in [7, 11) is -2.26. The summed E-state index contributed by atoms with van der Waals surface area (Å²) in [5.74, 6) is -2.28. The monoisotopic (exact) mass is 278 g/mol. The summed E-state index contributed by atoms with van der Waals surface area (Å²) in [5, 5.41) is 29.7. The number of halogens is 3. The van der Waals surface area contributed by atoms with E-state index in [4.69, 9.17) is 10.0 Å². The number of hydrogen-bond acceptors (Lipinski definition) is 5. The lowest BCUT2D eigenvalue weighted by atomic mass is 9.79. The molecule has 1 aromatic carbocycles. The Morgan fingerprint density at radius 3 is 2.37 bits per heavy atom. The van der Waals surface area contributed by atoms with Gasteiger partial charge in [0.05, 0.1) is 10.4 Å². The van der Waals surface area contributed by atoms with Gasteiger partial charge >= 0.3 is 19.2 Å². The van der Waals surface area contributed by atoms with Crippen LogP contribution in [-0.4, -0.2) is 34.2 Å². The highest BCUT2D eigenvalue weighted by Crippen LogP contribution is 2.19. The molecule has 0 aliphatic heterocycles. The van der Waals surface area contributed by atoms with Crippen LogP contribution in [0.15, 0.2) is 18.2 Å². The molecule has 0 aromatic heterocycles. The van der Waals surface area contributed by atoms with E-state index in [2.05, 4.69) is 0 Å². The van der Waals surface area contributed by atoms with Crippen LogP contribution in [0.4, 0.5) is 24.5 Å². The van der Waals surface area contributed by atoms with Gasteiger partial charge in [-0.1, -0.05) is 0 Å². The fourth-order valence-corrected chi connectivity index (χ4v) is 1.21. The number of rotatable bonds is 3. The van der Waals surface area contributed by atoms with E-state index in [0.29, 0.717) is 6.07 Å². The first-order valence-corrected chi connectivity index (χ1v) is 4.65. The maximum Gasteiger partial charge on any atom is 0.495 e. The van der Waals surface area contributed by atoms with Crippen molar-refractivity contribution >= 4 is 29.9 Å². The molecule has 3 N–H and O–H groups in total. The lowest BCUT2D eigenvalue weighted by molar-refractivity contribution is -0.383. The van der Waals surface area contributed by atoms with E-state index in [1.165, 1.54) is 5.32 Å². The maximum absolute atomic E-state index is 12.0. The minimum atomic E-state index is -5.13. The lowest BCUT2D eigenvalue weighted by Gasteiger charge is -2.09. The predicted octanol–water partition coefficient (Wildman–Crippen LogP) is -0.225. The van der Waals surface area contributed by atoms with Gasteiger partial charge in [-0.2, -0.15) is 13.2 Å². The Morgan fingerprint density at radius 2 is 1.95 bits per heavy atom. The van der Waals surface area contributed by atoms with Gasteiger partial charge in [0.1, 0.15) is 0 Å². The van der Waals surface area contributed by atoms with Gasteiger partial charge in [0.2, 0.25) is 0 Å². The van der Waals surface area contributed by atoms with Crippen LogP contribution in [0.5, 0.6) is 0 Å². The molecule has 0 unspecified atom stereocenters. The molecule has 0 saturated heterocycles. The Morgan fingerprint density at radius 1 is 1.37 bits per heavy atom. The molecule has 1 rings (SSSR count). The zero-order chi connectivity index (χ0) is 14.8. The van der Waals surface area contributed by atoms with E-state index in [-0.39, 0.29) is 0 Å². The van der Waals surface area contributed by atoms with Crippen molar-refractivity contribution in [3.05, 3.63) is 28.3 Å². The molecule has 0 aliphatic rings. The Bertz CT molecular complexity index is 520. The second-order valence-corrected chi connectivity index (χ2v) is 3.36. The summed E-state index contributed by atoms with van der Waals surface area (Å²) < 4.78 is 35.9. The maximum atomic E-state index is 12.0. The van der Waals surface area contributed by atoms with Crippen molar-refractivity contribution in [2.45, 2.75) is 6.18 Å². The molecular weight excluding hydrogens is 272 g/mol. The molecule has 19 heavy (non-hydrogen) atoms. The number of alkyl halides is 3. The van der Waals surface area contributed by atoms with E-state index in [1.54, 1.807) is 0 Å². The molecule has 0 aliphatic carbocycles. The first-order chi connectivity index (χ1) is 8.62. The van der Waals surface area contributed by atoms with Crippen molar-refractivity contribution in [2.24, 2.45) is 0 Å². The quantitative estimate of drug-likeness (QED) is 0.401. The normalized spacial score (nSPS) is 11.0. The van der Waals surface area contributed by atoms with Crippen LogP contribution >= 0.6 is 0 Å². The molecule has 0 fully saturated rings. The summed E-state index contributed by atoms with van der Waals surface area (Å²) in [6.07, 6.45) is -5.13. The van der Waals surface area contributed by atoms with Crippen LogP contribution in [0, 0.1) is 10.1 Å². The van der Waals surface area contributed by atoms with Crippen molar-refractivity contribution in [3.63, 3.8) is 0 Å². The van der Waals surface area contributed by atoms with Crippen LogP contribution < -0.4 is 10.8 Å². The average Bonchev–Trinajstić information content (AvgIpc) is 2.27. The van der Waals surface area contributed by atoms with Gasteiger partial charge in [0, 0.05) is 11.8 Å². The predicted molar refractivity (Wildman–Crippen MR) is 57.6 cm³/mol. The number of anilines is 1. The molecule has 0 saturated carbocycles. The number of carbonyl (C=O) groups excluding carboxylic acids is 1. The molecule has 0 bridgehead atoms. The molecule has 0 atom stereocenters. The van der Waals surface area contributed by atoms with Crippen molar-refractivity contribution in [1.82, 2.24) is 0 Å². The fraction of sp³-hybridized carbons (Fsp3) is 0.125. The van der Waals surface area contributed by atoms with Gasteiger partial charge in [-0.3, -0.25) is 14.9 Å². The number of carbonyl (C=O) groups is 1. The molecule has 1 amide bonds. The molecule has 7 nitrogen and oxygen atoms in total. The smallest absolute Gasteiger partial charge is 0.423 e. The molecule has 0 heterocycles. The van der Waals surface area contributed by atoms with Gasteiger partial charge < -0.3 is 15.4 Å². The van der Waals surface area contributed by atoms with E-state index in [1.807, 2.05) is 0 Å². The van der Waals surface area contributed by atoms with Crippen molar-refractivity contribution in [3.8, 4) is 0 Å². The Labute approximate surface area is 104 Å². The molecular formula is C8H6BF3N2O5. The second kappa shape index (κ2) is 5.24. The number of hydrogen-bond donors (Lipinski definition) is 3. The van der Waals surface area contributed by atoms with Gasteiger partial charge in [0.25, 0.3) is 5.69 Å². The third kappa shape index (κ3) is 3.66. The second-order valence-electron chi connectivity index (χ2n) is 3.36. The summed E-state index contributed by atoms with van der Waals surface area (Å²) in [5.41, 5.74) is -1.78. The first-order valence-electron chi connectivity index (χ1n) is 4.65. The topological polar surface area (TPSA) is 113 Å². The molecule has 11 heteroatoms. The van der Waals surface area contributed by atoms with E-state index in [9.17, 15) is 28.1 Å². The molecule has 1 aromatic rings. The Balaban J connectivity index is 3.10. The highest BCUT2D eigenvalue weighted by molar-refractivity contribution is 6.60. The van der Waals surface area contributed by atoms with Crippen LogP contribution in [0.3, 0.4) is 0 Å². The van der Waals surface area contributed by atoms with Crippen molar-refractivity contribution in [2.75, 3.05) is 5.32 Å². The third-order valence-electron chi connectivity index (χ3n) is 2.02. The number of nitrogens with one attached hydrogen (secondary N) is 1. The van der Waals surface area contributed by atoms with Crippen molar-refractivity contribution in [1.29, 1.82) is 0 Å². The highest BCUT2D eigenvalue weighted by atomic mass is 19.4. The minimum absolute atomic E-state index is 0.448. The SMILES string of the molecule is O=C(Nc1ccc([N+](=O)[O-])c(B(O)O)c1)C(F)(F)F. The van der Waals surface area contributed by atoms with E-state index in [0.717, 1.165) is 12.1 Å². The van der Waals surface area contributed by atoms with Gasteiger partial charge in [0.15, 0.2) is 0 Å². The lowest BCUT2D eigenvalue weighted by Crippen LogP contribution is -2.34. The summed E-state index contributed by atoms with van der Waals surface area (Å²) in [6, 6.07) is 2.26. The van der Waals surface area contributed by atoms with Crippen LogP contribution in [0.2, 0.25) is 0 Å². The minimum Gasteiger partial charge on any atom is -0.423 e. The first kappa shape index (κ1) is 14.9. The number of nitro groups is 1. The number of nitrogens with zero attached hydrogens (tertiary/aromatic N) is 1. The van der Waals surface area contributed by atoms with E-state index < -0.39 is 41.0 Å². The van der Waals surface area contributed by atoms with E-state index >= 15 is 0 Å². The number of benzene rings is 1. The largest absolute Gasteiger partial charge is 0.495 e. The summed E-state index contributed by atoms with van der Waals surface area (Å²) in [4.78, 5) is 20.2. The Hall–Kier alpha value is -2.14. The van der Waals surface area contributed by atoms with Gasteiger partial charge in [-0.15, -0.1) is 0 Å². The fourth-order valence-electron chi connectivity index (χ4n) is 1.21.